The van der Waals surface area contributed by atoms with Gasteiger partial charge in [-0.3, -0.25) is 0 Å². The van der Waals surface area contributed by atoms with Crippen molar-refractivity contribution in [3.8, 4) is 0 Å². The maximum absolute atomic E-state index is 13.6. The Labute approximate surface area is 124 Å². The Balaban J connectivity index is 2.45. The van der Waals surface area contributed by atoms with Gasteiger partial charge >= 0.3 is 0 Å². The van der Waals surface area contributed by atoms with Gasteiger partial charge in [0.1, 0.15) is 0 Å². The van der Waals surface area contributed by atoms with Crippen LogP contribution in [0.15, 0.2) is 12.1 Å². The van der Waals surface area contributed by atoms with Crippen LogP contribution >= 0.6 is 11.6 Å². The normalized spacial score (nSPS) is 19.2. The predicted molar refractivity (Wildman–Crippen MR) is 79.0 cm³/mol. The summed E-state index contributed by atoms with van der Waals surface area (Å²) in [5.41, 5.74) is 0.792. The lowest BCUT2D eigenvalue weighted by Gasteiger charge is -2.38. The van der Waals surface area contributed by atoms with E-state index in [9.17, 15) is 8.78 Å². The standard InChI is InChI=1S/C16H22ClF2N/c1-3-16(7-5-6-8-16)15(20-4-2)11-9-13(18)14(19)10-12(11)17/h9-10,15,20H,3-8H2,1-2H3. The predicted octanol–water partition coefficient (Wildman–Crippen LogP) is 5.24. The van der Waals surface area contributed by atoms with E-state index in [1.165, 1.54) is 18.9 Å². The molecule has 0 amide bonds. The summed E-state index contributed by atoms with van der Waals surface area (Å²) in [6.45, 7) is 4.98. The third kappa shape index (κ3) is 2.84. The molecule has 0 aliphatic heterocycles. The fourth-order valence-electron chi connectivity index (χ4n) is 3.55. The zero-order valence-electron chi connectivity index (χ0n) is 12.1. The summed E-state index contributed by atoms with van der Waals surface area (Å²) in [5, 5.41) is 3.76. The SMILES string of the molecule is CCNC(c1cc(F)c(F)cc1Cl)C1(CC)CCCC1. The van der Waals surface area contributed by atoms with Gasteiger partial charge in [-0.2, -0.15) is 0 Å². The lowest BCUT2D eigenvalue weighted by molar-refractivity contribution is 0.188. The highest BCUT2D eigenvalue weighted by atomic mass is 35.5. The van der Waals surface area contributed by atoms with Crippen LogP contribution in [0.25, 0.3) is 0 Å². The van der Waals surface area contributed by atoms with Gasteiger partial charge in [0.15, 0.2) is 11.6 Å². The zero-order valence-corrected chi connectivity index (χ0v) is 12.9. The van der Waals surface area contributed by atoms with Crippen molar-refractivity contribution in [2.45, 2.75) is 52.0 Å². The number of benzene rings is 1. The molecule has 1 saturated carbocycles. The quantitative estimate of drug-likeness (QED) is 0.733. The van der Waals surface area contributed by atoms with Gasteiger partial charge in [0.05, 0.1) is 0 Å². The molecule has 0 aromatic heterocycles. The molecule has 20 heavy (non-hydrogen) atoms. The molecule has 112 valence electrons. The van der Waals surface area contributed by atoms with Gasteiger partial charge in [0.25, 0.3) is 0 Å². The second kappa shape index (κ2) is 6.40. The molecule has 1 aromatic rings. The topological polar surface area (TPSA) is 12.0 Å². The minimum atomic E-state index is -0.883. The van der Waals surface area contributed by atoms with E-state index in [1.807, 2.05) is 6.92 Å². The molecule has 1 aromatic carbocycles. The number of hydrogen-bond donors (Lipinski definition) is 1. The van der Waals surface area contributed by atoms with E-state index in [2.05, 4.69) is 12.2 Å². The second-order valence-corrected chi connectivity index (χ2v) is 6.11. The van der Waals surface area contributed by atoms with Crippen molar-refractivity contribution in [1.29, 1.82) is 0 Å². The maximum atomic E-state index is 13.6. The number of halogens is 3. The fraction of sp³-hybridized carbons (Fsp3) is 0.625. The lowest BCUT2D eigenvalue weighted by atomic mass is 9.73. The Bertz CT molecular complexity index is 470. The van der Waals surface area contributed by atoms with E-state index in [4.69, 9.17) is 11.6 Å². The minimum Gasteiger partial charge on any atom is -0.310 e. The number of nitrogens with one attached hydrogen (secondary N) is 1. The summed E-state index contributed by atoms with van der Waals surface area (Å²) in [5.74, 6) is -1.71. The summed E-state index contributed by atoms with van der Waals surface area (Å²) in [7, 11) is 0. The molecule has 0 bridgehead atoms. The van der Waals surface area contributed by atoms with E-state index < -0.39 is 11.6 Å². The van der Waals surface area contributed by atoms with Crippen LogP contribution in [0.2, 0.25) is 5.02 Å². The lowest BCUT2D eigenvalue weighted by Crippen LogP contribution is -2.36. The Morgan fingerprint density at radius 1 is 1.20 bits per heavy atom. The Morgan fingerprint density at radius 2 is 1.80 bits per heavy atom. The molecule has 0 saturated heterocycles. The van der Waals surface area contributed by atoms with Crippen molar-refractivity contribution in [3.63, 3.8) is 0 Å². The molecule has 0 heterocycles. The van der Waals surface area contributed by atoms with Gasteiger partial charge < -0.3 is 5.32 Å². The summed E-state index contributed by atoms with van der Waals surface area (Å²) in [6, 6.07) is 2.35. The first-order valence-corrected chi connectivity index (χ1v) is 7.79. The van der Waals surface area contributed by atoms with E-state index in [-0.39, 0.29) is 11.5 Å². The number of hydrogen-bond acceptors (Lipinski definition) is 1. The molecular weight excluding hydrogens is 280 g/mol. The highest BCUT2D eigenvalue weighted by Crippen LogP contribution is 2.51. The maximum Gasteiger partial charge on any atom is 0.160 e. The minimum absolute atomic E-state index is 0.0115. The first kappa shape index (κ1) is 15.7. The molecule has 1 nitrogen and oxygen atoms in total. The van der Waals surface area contributed by atoms with Crippen molar-refractivity contribution in [1.82, 2.24) is 5.32 Å². The first-order chi connectivity index (χ1) is 9.54. The van der Waals surface area contributed by atoms with Crippen LogP contribution in [0.5, 0.6) is 0 Å². The molecule has 4 heteroatoms. The van der Waals surface area contributed by atoms with Crippen molar-refractivity contribution in [2.75, 3.05) is 6.54 Å². The van der Waals surface area contributed by atoms with Gasteiger partial charge in [-0.15, -0.1) is 0 Å². The van der Waals surface area contributed by atoms with Crippen LogP contribution in [0.4, 0.5) is 8.78 Å². The Morgan fingerprint density at radius 3 is 2.35 bits per heavy atom. The molecule has 1 aliphatic carbocycles. The number of rotatable bonds is 5. The first-order valence-electron chi connectivity index (χ1n) is 7.42. The third-order valence-electron chi connectivity index (χ3n) is 4.67. The van der Waals surface area contributed by atoms with Crippen LogP contribution in [-0.2, 0) is 0 Å². The average molecular weight is 302 g/mol. The van der Waals surface area contributed by atoms with E-state index in [0.717, 1.165) is 31.9 Å². The van der Waals surface area contributed by atoms with Crippen LogP contribution in [0, 0.1) is 17.0 Å². The zero-order chi connectivity index (χ0) is 14.8. The van der Waals surface area contributed by atoms with Gasteiger partial charge in [0, 0.05) is 11.1 Å². The highest BCUT2D eigenvalue weighted by Gasteiger charge is 2.41. The van der Waals surface area contributed by atoms with Gasteiger partial charge in [-0.25, -0.2) is 8.78 Å². The van der Waals surface area contributed by atoms with Crippen molar-refractivity contribution in [2.24, 2.45) is 5.41 Å². The molecule has 1 atom stereocenters. The molecule has 2 rings (SSSR count). The average Bonchev–Trinajstić information content (AvgIpc) is 2.90. The molecule has 1 fully saturated rings. The summed E-state index contributed by atoms with van der Waals surface area (Å²) in [6.07, 6.45) is 5.61. The van der Waals surface area contributed by atoms with Crippen LogP contribution in [-0.4, -0.2) is 6.54 Å². The van der Waals surface area contributed by atoms with Crippen molar-refractivity contribution >= 4 is 11.6 Å². The van der Waals surface area contributed by atoms with Gasteiger partial charge in [-0.1, -0.05) is 38.3 Å². The van der Waals surface area contributed by atoms with Crippen LogP contribution in [0.3, 0.4) is 0 Å². The van der Waals surface area contributed by atoms with Crippen molar-refractivity contribution < 1.29 is 8.78 Å². The van der Waals surface area contributed by atoms with Gasteiger partial charge in [-0.05, 0) is 48.9 Å². The third-order valence-corrected chi connectivity index (χ3v) is 5.00. The molecule has 1 unspecified atom stereocenters. The molecule has 0 radical (unpaired) electrons. The van der Waals surface area contributed by atoms with Crippen LogP contribution in [0.1, 0.15) is 57.6 Å². The molecule has 1 aliphatic rings. The van der Waals surface area contributed by atoms with Gasteiger partial charge in [0.2, 0.25) is 0 Å². The fourth-order valence-corrected chi connectivity index (χ4v) is 3.80. The highest BCUT2D eigenvalue weighted by molar-refractivity contribution is 6.31. The summed E-state index contributed by atoms with van der Waals surface area (Å²) < 4.78 is 26.9. The van der Waals surface area contributed by atoms with E-state index >= 15 is 0 Å². The molecular formula is C16H22ClF2N. The van der Waals surface area contributed by atoms with E-state index in [1.54, 1.807) is 0 Å². The second-order valence-electron chi connectivity index (χ2n) is 5.70. The summed E-state index contributed by atoms with van der Waals surface area (Å²) in [4.78, 5) is 0. The smallest absolute Gasteiger partial charge is 0.160 e. The van der Waals surface area contributed by atoms with Crippen LogP contribution < -0.4 is 5.32 Å². The Hall–Kier alpha value is -0.670. The monoisotopic (exact) mass is 301 g/mol. The molecule has 0 spiro atoms. The molecule has 1 N–H and O–H groups in total. The summed E-state index contributed by atoms with van der Waals surface area (Å²) >= 11 is 6.18. The van der Waals surface area contributed by atoms with E-state index in [0.29, 0.717) is 10.6 Å². The largest absolute Gasteiger partial charge is 0.310 e. The van der Waals surface area contributed by atoms with Crippen molar-refractivity contribution in [3.05, 3.63) is 34.4 Å². The Kier molecular flexibility index (Phi) is 5.03.